The smallest absolute Gasteiger partial charge is 0.0695 e. The third-order valence-electron chi connectivity index (χ3n) is 4.04. The zero-order valence-electron chi connectivity index (χ0n) is 12.1. The molecule has 0 spiro atoms. The van der Waals surface area contributed by atoms with Gasteiger partial charge in [0.1, 0.15) is 0 Å². The van der Waals surface area contributed by atoms with Gasteiger partial charge in [0, 0.05) is 18.1 Å². The zero-order valence-corrected chi connectivity index (χ0v) is 12.1. The molecule has 4 atom stereocenters. The molecule has 1 saturated carbocycles. The molecule has 0 aromatic heterocycles. The molecule has 0 aromatic carbocycles. The van der Waals surface area contributed by atoms with E-state index in [0.717, 1.165) is 19.3 Å². The van der Waals surface area contributed by atoms with Crippen LogP contribution in [0.25, 0.3) is 0 Å². The summed E-state index contributed by atoms with van der Waals surface area (Å²) in [5, 5.41) is 10.2. The number of hydrogen-bond donors (Lipinski definition) is 2. The Morgan fingerprint density at radius 3 is 2.18 bits per heavy atom. The first-order valence-electron chi connectivity index (χ1n) is 6.90. The lowest BCUT2D eigenvalue weighted by Gasteiger charge is -2.46. The van der Waals surface area contributed by atoms with Gasteiger partial charge in [-0.25, -0.2) is 0 Å². The number of aliphatic hydroxyl groups excluding tert-OH is 1. The Labute approximate surface area is 106 Å². The molecule has 3 nitrogen and oxygen atoms in total. The van der Waals surface area contributed by atoms with Crippen LogP contribution in [0.3, 0.4) is 0 Å². The maximum atomic E-state index is 10.2. The van der Waals surface area contributed by atoms with Gasteiger partial charge in [0.05, 0.1) is 6.10 Å². The molecule has 0 bridgehead atoms. The van der Waals surface area contributed by atoms with Crippen molar-refractivity contribution < 1.29 is 5.11 Å². The lowest BCUT2D eigenvalue weighted by Crippen LogP contribution is -2.58. The van der Waals surface area contributed by atoms with Crippen molar-refractivity contribution in [3.8, 4) is 0 Å². The van der Waals surface area contributed by atoms with Gasteiger partial charge < -0.3 is 10.8 Å². The molecule has 17 heavy (non-hydrogen) atoms. The molecule has 1 aliphatic rings. The summed E-state index contributed by atoms with van der Waals surface area (Å²) in [6.45, 7) is 8.76. The summed E-state index contributed by atoms with van der Waals surface area (Å²) in [4.78, 5) is 2.33. The van der Waals surface area contributed by atoms with E-state index in [1.54, 1.807) is 0 Å². The van der Waals surface area contributed by atoms with E-state index in [4.69, 9.17) is 5.73 Å². The van der Waals surface area contributed by atoms with Crippen molar-refractivity contribution in [2.45, 2.75) is 77.6 Å². The number of rotatable bonds is 3. The molecule has 4 unspecified atom stereocenters. The first kappa shape index (κ1) is 14.9. The fourth-order valence-corrected chi connectivity index (χ4v) is 3.54. The van der Waals surface area contributed by atoms with E-state index in [9.17, 15) is 5.11 Å². The van der Waals surface area contributed by atoms with Crippen molar-refractivity contribution in [2.75, 3.05) is 7.05 Å². The highest BCUT2D eigenvalue weighted by Gasteiger charge is 2.37. The Hall–Kier alpha value is -0.120. The van der Waals surface area contributed by atoms with Crippen molar-refractivity contribution in [3.05, 3.63) is 0 Å². The van der Waals surface area contributed by atoms with Gasteiger partial charge in [-0.2, -0.15) is 0 Å². The Morgan fingerprint density at radius 2 is 1.76 bits per heavy atom. The zero-order chi connectivity index (χ0) is 13.2. The molecule has 1 fully saturated rings. The maximum absolute atomic E-state index is 10.2. The molecule has 0 amide bonds. The van der Waals surface area contributed by atoms with Crippen molar-refractivity contribution in [3.63, 3.8) is 0 Å². The van der Waals surface area contributed by atoms with Gasteiger partial charge in [0.25, 0.3) is 0 Å². The van der Waals surface area contributed by atoms with E-state index >= 15 is 0 Å². The summed E-state index contributed by atoms with van der Waals surface area (Å²) in [5.74, 6) is 0. The summed E-state index contributed by atoms with van der Waals surface area (Å²) in [6, 6.07) is 0.702. The molecular formula is C14H30N2O. The van der Waals surface area contributed by atoms with Crippen LogP contribution in [0.15, 0.2) is 0 Å². The molecule has 0 aliphatic heterocycles. The Kier molecular flexibility index (Phi) is 4.99. The predicted octanol–water partition coefficient (Wildman–Crippen LogP) is 1.98. The lowest BCUT2D eigenvalue weighted by molar-refractivity contribution is -0.0187. The monoisotopic (exact) mass is 242 g/mol. The molecule has 3 heteroatoms. The standard InChI is InChI=1S/C14H30N2O/c1-10(15)13(14(2,3)4)16(5)11-8-6-7-9-12(11)17/h10-13,17H,6-9,15H2,1-5H3. The van der Waals surface area contributed by atoms with Crippen LogP contribution in [-0.2, 0) is 0 Å². The first-order chi connectivity index (χ1) is 7.75. The number of hydrogen-bond acceptors (Lipinski definition) is 3. The average Bonchev–Trinajstić information content (AvgIpc) is 2.15. The molecule has 0 heterocycles. The maximum Gasteiger partial charge on any atom is 0.0695 e. The first-order valence-corrected chi connectivity index (χ1v) is 6.90. The fraction of sp³-hybridized carbons (Fsp3) is 1.00. The van der Waals surface area contributed by atoms with Gasteiger partial charge in [-0.05, 0) is 32.2 Å². The molecule has 3 N–H and O–H groups in total. The average molecular weight is 242 g/mol. The Morgan fingerprint density at radius 1 is 1.24 bits per heavy atom. The van der Waals surface area contributed by atoms with E-state index < -0.39 is 0 Å². The largest absolute Gasteiger partial charge is 0.391 e. The molecule has 1 aliphatic carbocycles. The van der Waals surface area contributed by atoms with Crippen molar-refractivity contribution >= 4 is 0 Å². The van der Waals surface area contributed by atoms with Gasteiger partial charge in [-0.1, -0.05) is 33.6 Å². The normalized spacial score (nSPS) is 30.4. The van der Waals surface area contributed by atoms with Crippen molar-refractivity contribution in [1.82, 2.24) is 4.90 Å². The van der Waals surface area contributed by atoms with Gasteiger partial charge in [-0.3, -0.25) is 4.90 Å². The molecule has 1 rings (SSSR count). The van der Waals surface area contributed by atoms with E-state index in [0.29, 0.717) is 6.04 Å². The van der Waals surface area contributed by atoms with E-state index in [1.165, 1.54) is 6.42 Å². The Bertz CT molecular complexity index is 235. The minimum absolute atomic E-state index is 0.120. The highest BCUT2D eigenvalue weighted by Crippen LogP contribution is 2.31. The topological polar surface area (TPSA) is 49.5 Å². The number of aliphatic hydroxyl groups is 1. The third-order valence-corrected chi connectivity index (χ3v) is 4.04. The van der Waals surface area contributed by atoms with Gasteiger partial charge >= 0.3 is 0 Å². The van der Waals surface area contributed by atoms with Crippen LogP contribution in [0, 0.1) is 5.41 Å². The minimum atomic E-state index is -0.183. The molecular weight excluding hydrogens is 212 g/mol. The second kappa shape index (κ2) is 5.68. The number of nitrogens with two attached hydrogens (primary N) is 1. The quantitative estimate of drug-likeness (QED) is 0.795. The van der Waals surface area contributed by atoms with E-state index in [2.05, 4.69) is 39.6 Å². The molecule has 0 aromatic rings. The van der Waals surface area contributed by atoms with Crippen molar-refractivity contribution in [1.29, 1.82) is 0 Å². The van der Waals surface area contributed by atoms with Crippen LogP contribution in [0.5, 0.6) is 0 Å². The summed E-state index contributed by atoms with van der Waals surface area (Å²) < 4.78 is 0. The summed E-state index contributed by atoms with van der Waals surface area (Å²) >= 11 is 0. The van der Waals surface area contributed by atoms with Gasteiger partial charge in [0.15, 0.2) is 0 Å². The molecule has 0 radical (unpaired) electrons. The SMILES string of the molecule is CC(N)C(N(C)C1CCCCC1O)C(C)(C)C. The van der Waals surface area contributed by atoms with Crippen molar-refractivity contribution in [2.24, 2.45) is 11.1 Å². The van der Waals surface area contributed by atoms with E-state index in [-0.39, 0.29) is 23.6 Å². The number of nitrogens with zero attached hydrogens (tertiary/aromatic N) is 1. The minimum Gasteiger partial charge on any atom is -0.391 e. The third kappa shape index (κ3) is 3.67. The van der Waals surface area contributed by atoms with Crippen LogP contribution in [0.1, 0.15) is 53.4 Å². The summed E-state index contributed by atoms with van der Waals surface area (Å²) in [7, 11) is 2.12. The second-order valence-electron chi connectivity index (χ2n) is 6.75. The highest BCUT2D eigenvalue weighted by atomic mass is 16.3. The molecule has 0 saturated heterocycles. The fourth-order valence-electron chi connectivity index (χ4n) is 3.54. The highest BCUT2D eigenvalue weighted by molar-refractivity contribution is 4.93. The predicted molar refractivity (Wildman–Crippen MR) is 72.9 cm³/mol. The summed E-state index contributed by atoms with van der Waals surface area (Å²) in [6.07, 6.45) is 4.23. The van der Waals surface area contributed by atoms with Crippen LogP contribution >= 0.6 is 0 Å². The van der Waals surface area contributed by atoms with Gasteiger partial charge in [0.2, 0.25) is 0 Å². The molecule has 102 valence electrons. The second-order valence-corrected chi connectivity index (χ2v) is 6.75. The summed E-state index contributed by atoms with van der Waals surface area (Å²) in [5.41, 5.74) is 6.29. The van der Waals surface area contributed by atoms with Crippen LogP contribution in [-0.4, -0.2) is 41.3 Å². The van der Waals surface area contributed by atoms with Crippen LogP contribution < -0.4 is 5.73 Å². The van der Waals surface area contributed by atoms with Gasteiger partial charge in [-0.15, -0.1) is 0 Å². The Balaban J connectivity index is 2.80. The lowest BCUT2D eigenvalue weighted by atomic mass is 9.79. The van der Waals surface area contributed by atoms with Crippen LogP contribution in [0.2, 0.25) is 0 Å². The van der Waals surface area contributed by atoms with Crippen LogP contribution in [0.4, 0.5) is 0 Å². The number of likely N-dealkylation sites (N-methyl/N-ethyl adjacent to an activating group) is 1. The van der Waals surface area contributed by atoms with E-state index in [1.807, 2.05) is 0 Å².